The Labute approximate surface area is 171 Å². The number of thioether (sulfide) groups is 1. The van der Waals surface area contributed by atoms with Crippen LogP contribution in [0.2, 0.25) is 0 Å². The molecule has 2 aromatic carbocycles. The van der Waals surface area contributed by atoms with Gasteiger partial charge in [0.1, 0.15) is 0 Å². The molecule has 0 aliphatic carbocycles. The van der Waals surface area contributed by atoms with E-state index >= 15 is 0 Å². The maximum Gasteiger partial charge on any atom is 0.205 e. The zero-order valence-corrected chi connectivity index (χ0v) is 16.2. The summed E-state index contributed by atoms with van der Waals surface area (Å²) in [6.45, 7) is 0. The van der Waals surface area contributed by atoms with Crippen molar-refractivity contribution in [1.82, 2.24) is 24.5 Å². The zero-order chi connectivity index (χ0) is 19.5. The quantitative estimate of drug-likeness (QED) is 0.376. The molecular weight excluding hydrogens is 382 g/mol. The van der Waals surface area contributed by atoms with Crippen molar-refractivity contribution in [2.45, 2.75) is 10.9 Å². The van der Waals surface area contributed by atoms with Gasteiger partial charge in [-0.1, -0.05) is 42.1 Å². The highest BCUT2D eigenvalue weighted by Gasteiger charge is 2.17. The average Bonchev–Trinajstić information content (AvgIpc) is 3.55. The zero-order valence-electron chi connectivity index (χ0n) is 15.4. The van der Waals surface area contributed by atoms with Crippen molar-refractivity contribution in [3.05, 3.63) is 97.0 Å². The number of aromatic nitrogens is 5. The van der Waals surface area contributed by atoms with Crippen LogP contribution < -0.4 is 0 Å². The van der Waals surface area contributed by atoms with E-state index in [9.17, 15) is 0 Å². The molecule has 0 atom stereocenters. The van der Waals surface area contributed by atoms with Gasteiger partial charge in [-0.15, -0.1) is 10.2 Å². The lowest BCUT2D eigenvalue weighted by molar-refractivity contribution is 0.575. The number of para-hydroxylation sites is 1. The summed E-state index contributed by atoms with van der Waals surface area (Å²) in [6.07, 6.45) is 5.35. The second kappa shape index (κ2) is 7.81. The van der Waals surface area contributed by atoms with Gasteiger partial charge in [-0.2, -0.15) is 5.10 Å². The highest BCUT2D eigenvalue weighted by atomic mass is 32.2. The van der Waals surface area contributed by atoms with E-state index in [0.717, 1.165) is 22.3 Å². The molecule has 0 amide bonds. The van der Waals surface area contributed by atoms with Crippen LogP contribution in [-0.4, -0.2) is 24.5 Å². The SMILES string of the molecule is c1ccc(-n2c(SCc3ccc(-n4cccn4)cc3)nnc2-c2ccco2)cc1. The normalized spacial score (nSPS) is 11.0. The summed E-state index contributed by atoms with van der Waals surface area (Å²) in [4.78, 5) is 0. The molecule has 3 heterocycles. The summed E-state index contributed by atoms with van der Waals surface area (Å²) < 4.78 is 9.44. The fourth-order valence-corrected chi connectivity index (χ4v) is 3.96. The van der Waals surface area contributed by atoms with Crippen LogP contribution in [0, 0.1) is 0 Å². The largest absolute Gasteiger partial charge is 0.461 e. The van der Waals surface area contributed by atoms with Gasteiger partial charge in [-0.25, -0.2) is 4.68 Å². The summed E-state index contributed by atoms with van der Waals surface area (Å²) in [6, 6.07) is 24.1. The van der Waals surface area contributed by atoms with Crippen LogP contribution in [0.1, 0.15) is 5.56 Å². The van der Waals surface area contributed by atoms with Gasteiger partial charge in [0.15, 0.2) is 10.9 Å². The number of hydrogen-bond donors (Lipinski definition) is 0. The second-order valence-electron chi connectivity index (χ2n) is 6.36. The van der Waals surface area contributed by atoms with Crippen molar-refractivity contribution in [3.63, 3.8) is 0 Å². The highest BCUT2D eigenvalue weighted by molar-refractivity contribution is 7.98. The Bertz CT molecular complexity index is 1180. The summed E-state index contributed by atoms with van der Waals surface area (Å²) in [5, 5.41) is 13.9. The van der Waals surface area contributed by atoms with Gasteiger partial charge in [-0.05, 0) is 48.0 Å². The van der Waals surface area contributed by atoms with E-state index in [1.165, 1.54) is 5.56 Å². The van der Waals surface area contributed by atoms with Crippen molar-refractivity contribution >= 4 is 11.8 Å². The lowest BCUT2D eigenvalue weighted by atomic mass is 10.2. The Morgan fingerprint density at radius 2 is 1.69 bits per heavy atom. The minimum absolute atomic E-state index is 0.691. The van der Waals surface area contributed by atoms with E-state index in [2.05, 4.69) is 39.6 Å². The van der Waals surface area contributed by atoms with Crippen molar-refractivity contribution in [3.8, 4) is 23.0 Å². The van der Waals surface area contributed by atoms with Crippen LogP contribution in [0.5, 0.6) is 0 Å². The number of furan rings is 1. The van der Waals surface area contributed by atoms with Crippen molar-refractivity contribution in [2.75, 3.05) is 0 Å². The Morgan fingerprint density at radius 1 is 0.828 bits per heavy atom. The molecule has 5 aromatic rings. The summed E-state index contributed by atoms with van der Waals surface area (Å²) in [7, 11) is 0. The Morgan fingerprint density at radius 3 is 2.41 bits per heavy atom. The molecule has 6 nitrogen and oxygen atoms in total. The smallest absolute Gasteiger partial charge is 0.205 e. The van der Waals surface area contributed by atoms with Gasteiger partial charge < -0.3 is 4.42 Å². The Balaban J connectivity index is 1.41. The Kier molecular flexibility index (Phi) is 4.72. The van der Waals surface area contributed by atoms with E-state index in [-0.39, 0.29) is 0 Å². The number of hydrogen-bond acceptors (Lipinski definition) is 5. The fraction of sp³-hybridized carbons (Fsp3) is 0.0455. The minimum atomic E-state index is 0.691. The van der Waals surface area contributed by atoms with E-state index < -0.39 is 0 Å². The third kappa shape index (κ3) is 3.60. The summed E-state index contributed by atoms with van der Waals surface area (Å²) in [5.74, 6) is 2.16. The third-order valence-electron chi connectivity index (χ3n) is 4.46. The van der Waals surface area contributed by atoms with Crippen LogP contribution in [-0.2, 0) is 5.75 Å². The lowest BCUT2D eigenvalue weighted by Gasteiger charge is -2.09. The molecule has 3 aromatic heterocycles. The van der Waals surface area contributed by atoms with Crippen LogP contribution in [0.15, 0.2) is 101 Å². The lowest BCUT2D eigenvalue weighted by Crippen LogP contribution is -1.99. The van der Waals surface area contributed by atoms with Crippen LogP contribution in [0.25, 0.3) is 23.0 Å². The fourth-order valence-electron chi connectivity index (χ4n) is 3.05. The molecular formula is C22H17N5OS. The molecule has 7 heteroatoms. The maximum absolute atomic E-state index is 5.57. The highest BCUT2D eigenvalue weighted by Crippen LogP contribution is 2.30. The van der Waals surface area contributed by atoms with Gasteiger partial charge in [-0.3, -0.25) is 4.57 Å². The average molecular weight is 399 g/mol. The molecule has 0 aliphatic heterocycles. The van der Waals surface area contributed by atoms with Crippen LogP contribution in [0.4, 0.5) is 0 Å². The molecule has 0 saturated heterocycles. The first-order valence-electron chi connectivity index (χ1n) is 9.15. The van der Waals surface area contributed by atoms with Gasteiger partial charge in [0.25, 0.3) is 0 Å². The number of benzene rings is 2. The third-order valence-corrected chi connectivity index (χ3v) is 5.46. The van der Waals surface area contributed by atoms with E-state index in [4.69, 9.17) is 4.42 Å². The Hall–Kier alpha value is -3.58. The first kappa shape index (κ1) is 17.5. The number of rotatable bonds is 6. The van der Waals surface area contributed by atoms with E-state index in [0.29, 0.717) is 11.6 Å². The molecule has 0 saturated carbocycles. The van der Waals surface area contributed by atoms with Crippen molar-refractivity contribution in [1.29, 1.82) is 0 Å². The topological polar surface area (TPSA) is 61.7 Å². The molecule has 0 N–H and O–H groups in total. The maximum atomic E-state index is 5.57. The van der Waals surface area contributed by atoms with Crippen LogP contribution in [0.3, 0.4) is 0 Å². The molecule has 0 radical (unpaired) electrons. The predicted molar refractivity (Wildman–Crippen MR) is 112 cm³/mol. The predicted octanol–water partition coefficient (Wildman–Crippen LogP) is 5.01. The van der Waals surface area contributed by atoms with Crippen molar-refractivity contribution < 1.29 is 4.42 Å². The number of nitrogens with zero attached hydrogens (tertiary/aromatic N) is 5. The van der Waals surface area contributed by atoms with Gasteiger partial charge in [0, 0.05) is 23.8 Å². The molecule has 0 aliphatic rings. The second-order valence-corrected chi connectivity index (χ2v) is 7.30. The summed E-state index contributed by atoms with van der Waals surface area (Å²) in [5.41, 5.74) is 3.24. The molecule has 0 fully saturated rings. The van der Waals surface area contributed by atoms with Gasteiger partial charge in [0.05, 0.1) is 12.0 Å². The monoisotopic (exact) mass is 399 g/mol. The molecule has 29 heavy (non-hydrogen) atoms. The summed E-state index contributed by atoms with van der Waals surface area (Å²) >= 11 is 1.64. The molecule has 0 spiro atoms. The molecule has 142 valence electrons. The molecule has 0 bridgehead atoms. The van der Waals surface area contributed by atoms with Gasteiger partial charge in [0.2, 0.25) is 5.82 Å². The van der Waals surface area contributed by atoms with E-state index in [1.807, 2.05) is 64.0 Å². The minimum Gasteiger partial charge on any atom is -0.461 e. The van der Waals surface area contributed by atoms with Gasteiger partial charge >= 0.3 is 0 Å². The standard InChI is InChI=1S/C22H17N5OS/c1-2-6-19(7-3-1)27-21(20-8-4-15-28-20)24-25-22(27)29-16-17-9-11-18(12-10-17)26-14-5-13-23-26/h1-15H,16H2. The van der Waals surface area contributed by atoms with Crippen LogP contribution >= 0.6 is 11.8 Å². The first-order chi connectivity index (χ1) is 14.4. The molecule has 5 rings (SSSR count). The first-order valence-corrected chi connectivity index (χ1v) is 10.1. The molecule has 0 unspecified atom stereocenters. The van der Waals surface area contributed by atoms with E-state index in [1.54, 1.807) is 24.2 Å². The van der Waals surface area contributed by atoms with Crippen molar-refractivity contribution in [2.24, 2.45) is 0 Å².